The maximum absolute atomic E-state index is 11.8. The quantitative estimate of drug-likeness (QED) is 0.790. The summed E-state index contributed by atoms with van der Waals surface area (Å²) >= 11 is 11.8. The predicted octanol–water partition coefficient (Wildman–Crippen LogP) is 4.22. The lowest BCUT2D eigenvalue weighted by Gasteiger charge is -2.18. The lowest BCUT2D eigenvalue weighted by atomic mass is 10.2. The van der Waals surface area contributed by atoms with E-state index in [1.807, 2.05) is 0 Å². The average Bonchev–Trinajstić information content (AvgIpc) is 2.82. The molecule has 4 nitrogen and oxygen atoms in total. The van der Waals surface area contributed by atoms with Crippen LogP contribution in [0, 0.1) is 0 Å². The zero-order chi connectivity index (χ0) is 15.7. The Bertz CT molecular complexity index is 766. The Balaban J connectivity index is 1.99. The van der Waals surface area contributed by atoms with E-state index < -0.39 is 11.8 Å². The van der Waals surface area contributed by atoms with E-state index in [1.54, 1.807) is 36.4 Å². The summed E-state index contributed by atoms with van der Waals surface area (Å²) in [4.78, 5) is 24.7. The first-order chi connectivity index (χ1) is 10.5. The summed E-state index contributed by atoms with van der Waals surface area (Å²) < 4.78 is 5.74. The summed E-state index contributed by atoms with van der Waals surface area (Å²) in [7, 11) is 0. The van der Waals surface area contributed by atoms with Crippen LogP contribution < -0.4 is 9.64 Å². The van der Waals surface area contributed by atoms with Gasteiger partial charge in [0.25, 0.3) is 11.8 Å². The summed E-state index contributed by atoms with van der Waals surface area (Å²) in [5.74, 6) is -0.00130. The molecule has 0 spiro atoms. The number of anilines is 1. The van der Waals surface area contributed by atoms with E-state index in [4.69, 9.17) is 27.9 Å². The van der Waals surface area contributed by atoms with Gasteiger partial charge in [0.1, 0.15) is 5.75 Å². The molecule has 0 saturated carbocycles. The molecule has 0 fully saturated rings. The van der Waals surface area contributed by atoms with Crippen molar-refractivity contribution in [2.24, 2.45) is 0 Å². The molecule has 2 aromatic carbocycles. The van der Waals surface area contributed by atoms with E-state index >= 15 is 0 Å². The van der Waals surface area contributed by atoms with Gasteiger partial charge in [0, 0.05) is 22.2 Å². The average molecular weight is 334 g/mol. The fourth-order valence-electron chi connectivity index (χ4n) is 2.02. The number of carbonyl (C=O) groups is 2. The highest BCUT2D eigenvalue weighted by Gasteiger charge is 2.28. The van der Waals surface area contributed by atoms with Crippen molar-refractivity contribution >= 4 is 40.7 Å². The molecule has 2 aromatic rings. The van der Waals surface area contributed by atoms with Gasteiger partial charge in [0.05, 0.1) is 5.69 Å². The van der Waals surface area contributed by atoms with Crippen molar-refractivity contribution in [2.45, 2.75) is 0 Å². The number of rotatable bonds is 3. The van der Waals surface area contributed by atoms with Crippen molar-refractivity contribution in [3.63, 3.8) is 0 Å². The van der Waals surface area contributed by atoms with Crippen molar-refractivity contribution < 1.29 is 14.3 Å². The number of nitrogens with zero attached hydrogens (tertiary/aromatic N) is 1. The molecule has 0 aliphatic carbocycles. The molecule has 2 amide bonds. The van der Waals surface area contributed by atoms with Gasteiger partial charge < -0.3 is 4.74 Å². The Morgan fingerprint density at radius 2 is 1.41 bits per heavy atom. The Hall–Kier alpha value is -2.30. The fourth-order valence-corrected chi connectivity index (χ4v) is 2.31. The molecule has 22 heavy (non-hydrogen) atoms. The van der Waals surface area contributed by atoms with Crippen LogP contribution in [0.15, 0.2) is 54.6 Å². The normalized spacial score (nSPS) is 13.8. The number of halogens is 2. The van der Waals surface area contributed by atoms with Crippen LogP contribution in [0.1, 0.15) is 0 Å². The number of benzene rings is 2. The van der Waals surface area contributed by atoms with Gasteiger partial charge in [0.15, 0.2) is 5.75 Å². The molecule has 0 atom stereocenters. The Labute approximate surface area is 136 Å². The first-order valence-electron chi connectivity index (χ1n) is 6.34. The van der Waals surface area contributed by atoms with Crippen LogP contribution in [0.4, 0.5) is 5.69 Å². The molecule has 0 radical (unpaired) electrons. The lowest BCUT2D eigenvalue weighted by Crippen LogP contribution is -2.29. The smallest absolute Gasteiger partial charge is 0.258 e. The van der Waals surface area contributed by atoms with Crippen molar-refractivity contribution in [1.82, 2.24) is 0 Å². The zero-order valence-corrected chi connectivity index (χ0v) is 12.6. The summed E-state index contributed by atoms with van der Waals surface area (Å²) in [5.41, 5.74) is 0.294. The van der Waals surface area contributed by atoms with Crippen LogP contribution in [0.2, 0.25) is 10.0 Å². The van der Waals surface area contributed by atoms with E-state index in [9.17, 15) is 9.59 Å². The molecule has 110 valence electrons. The second-order valence-corrected chi connectivity index (χ2v) is 5.39. The van der Waals surface area contributed by atoms with Crippen LogP contribution >= 0.6 is 23.2 Å². The second-order valence-electron chi connectivity index (χ2n) is 4.51. The number of hydrogen-bond acceptors (Lipinski definition) is 3. The second kappa shape index (κ2) is 5.83. The minimum Gasteiger partial charge on any atom is -0.455 e. The molecule has 3 rings (SSSR count). The first-order valence-corrected chi connectivity index (χ1v) is 7.09. The summed E-state index contributed by atoms with van der Waals surface area (Å²) in [6.45, 7) is 0. The van der Waals surface area contributed by atoms with E-state index in [-0.39, 0.29) is 0 Å². The van der Waals surface area contributed by atoms with Gasteiger partial charge in [0.2, 0.25) is 0 Å². The van der Waals surface area contributed by atoms with Crippen LogP contribution in [0.5, 0.6) is 11.5 Å². The molecule has 0 aromatic heterocycles. The summed E-state index contributed by atoms with van der Waals surface area (Å²) in [5, 5.41) is 0.976. The van der Waals surface area contributed by atoms with Crippen LogP contribution in [0.3, 0.4) is 0 Å². The number of ether oxygens (including phenoxy) is 1. The van der Waals surface area contributed by atoms with E-state index in [1.165, 1.54) is 18.2 Å². The highest BCUT2D eigenvalue weighted by atomic mass is 35.5. The van der Waals surface area contributed by atoms with Crippen LogP contribution in [0.25, 0.3) is 0 Å². The molecule has 1 aliphatic rings. The molecule has 1 aliphatic heterocycles. The third-order valence-electron chi connectivity index (χ3n) is 3.01. The van der Waals surface area contributed by atoms with Gasteiger partial charge in [-0.1, -0.05) is 23.2 Å². The number of imide groups is 1. The zero-order valence-electron chi connectivity index (χ0n) is 11.1. The maximum Gasteiger partial charge on any atom is 0.258 e. The van der Waals surface area contributed by atoms with Gasteiger partial charge in [-0.05, 0) is 42.5 Å². The van der Waals surface area contributed by atoms with Crippen LogP contribution in [-0.2, 0) is 9.59 Å². The highest BCUT2D eigenvalue weighted by Crippen LogP contribution is 2.36. The Morgan fingerprint density at radius 3 is 2.05 bits per heavy atom. The predicted molar refractivity (Wildman–Crippen MR) is 84.6 cm³/mol. The van der Waals surface area contributed by atoms with Crippen molar-refractivity contribution in [2.75, 3.05) is 4.90 Å². The van der Waals surface area contributed by atoms with E-state index in [0.29, 0.717) is 27.2 Å². The fraction of sp³-hybridized carbons (Fsp3) is 0. The van der Waals surface area contributed by atoms with Gasteiger partial charge in [-0.15, -0.1) is 0 Å². The van der Waals surface area contributed by atoms with Crippen molar-refractivity contribution in [1.29, 1.82) is 0 Å². The van der Waals surface area contributed by atoms with Gasteiger partial charge >= 0.3 is 0 Å². The number of carbonyl (C=O) groups excluding carboxylic acids is 2. The molecule has 0 saturated heterocycles. The molecule has 6 heteroatoms. The van der Waals surface area contributed by atoms with Gasteiger partial charge in [-0.3, -0.25) is 9.59 Å². The summed E-state index contributed by atoms with van der Waals surface area (Å²) in [6, 6.07) is 11.5. The largest absolute Gasteiger partial charge is 0.455 e. The monoisotopic (exact) mass is 333 g/mol. The molecular formula is C16H9Cl2NO3. The first kappa shape index (κ1) is 14.6. The number of amides is 2. The minimum atomic E-state index is -0.437. The lowest BCUT2D eigenvalue weighted by molar-refractivity contribution is -0.120. The SMILES string of the molecule is O=C1C=CC(=O)N1c1cc(Cl)ccc1Oc1ccc(Cl)cc1. The third kappa shape index (κ3) is 2.84. The van der Waals surface area contributed by atoms with Crippen LogP contribution in [-0.4, -0.2) is 11.8 Å². The maximum atomic E-state index is 11.8. The van der Waals surface area contributed by atoms with Gasteiger partial charge in [-0.2, -0.15) is 0 Å². The summed E-state index contributed by atoms with van der Waals surface area (Å²) in [6.07, 6.45) is 2.41. The highest BCUT2D eigenvalue weighted by molar-refractivity contribution is 6.32. The van der Waals surface area contributed by atoms with E-state index in [0.717, 1.165) is 4.90 Å². The van der Waals surface area contributed by atoms with Gasteiger partial charge in [-0.25, -0.2) is 4.90 Å². The topological polar surface area (TPSA) is 46.6 Å². The Morgan fingerprint density at radius 1 is 0.818 bits per heavy atom. The molecule has 0 N–H and O–H groups in total. The Kier molecular flexibility index (Phi) is 3.88. The minimum absolute atomic E-state index is 0.294. The molecule has 0 unspecified atom stereocenters. The molecule has 1 heterocycles. The van der Waals surface area contributed by atoms with Crippen molar-refractivity contribution in [3.05, 3.63) is 64.7 Å². The van der Waals surface area contributed by atoms with E-state index in [2.05, 4.69) is 0 Å². The molecular weight excluding hydrogens is 325 g/mol. The standard InChI is InChI=1S/C16H9Cl2NO3/c17-10-1-4-12(5-2-10)22-14-6-3-11(18)9-13(14)19-15(20)7-8-16(19)21/h1-9H. The number of hydrogen-bond donors (Lipinski definition) is 0. The molecule has 0 bridgehead atoms. The van der Waals surface area contributed by atoms with Crippen molar-refractivity contribution in [3.8, 4) is 11.5 Å². The third-order valence-corrected chi connectivity index (χ3v) is 3.50.